The van der Waals surface area contributed by atoms with Crippen molar-refractivity contribution in [1.29, 1.82) is 0 Å². The van der Waals surface area contributed by atoms with Gasteiger partial charge in [0, 0.05) is 5.56 Å². The van der Waals surface area contributed by atoms with Crippen molar-refractivity contribution in [3.63, 3.8) is 0 Å². The molecule has 1 aromatic rings. The lowest BCUT2D eigenvalue weighted by Gasteiger charge is -2.36. The lowest BCUT2D eigenvalue weighted by Crippen LogP contribution is -2.37. The van der Waals surface area contributed by atoms with Gasteiger partial charge in [0.25, 0.3) is 0 Å². The number of hydrogen-bond donors (Lipinski definition) is 0. The lowest BCUT2D eigenvalue weighted by molar-refractivity contribution is -0.214. The Morgan fingerprint density at radius 1 is 1.29 bits per heavy atom. The maximum atomic E-state index is 13.4. The number of halogens is 4. The van der Waals surface area contributed by atoms with E-state index >= 15 is 0 Å². The Balaban J connectivity index is 2.34. The Bertz CT molecular complexity index is 522. The van der Waals surface area contributed by atoms with Crippen LogP contribution in [0, 0.1) is 5.41 Å². The molecule has 0 bridgehead atoms. The van der Waals surface area contributed by atoms with Crippen molar-refractivity contribution >= 4 is 17.7 Å². The van der Waals surface area contributed by atoms with E-state index in [1.807, 2.05) is 0 Å². The van der Waals surface area contributed by atoms with E-state index in [1.54, 1.807) is 0 Å². The molecule has 0 radical (unpaired) electrons. The fourth-order valence-corrected chi connectivity index (χ4v) is 2.88. The Morgan fingerprint density at radius 2 is 1.95 bits per heavy atom. The number of methoxy groups -OCH3 is 1. The fourth-order valence-electron chi connectivity index (χ4n) is 2.71. The number of hydrogen-bond acceptors (Lipinski definition) is 2. The molecule has 0 N–H and O–H groups in total. The molecule has 1 saturated carbocycles. The Labute approximate surface area is 127 Å². The molecule has 0 atom stereocenters. The van der Waals surface area contributed by atoms with Crippen LogP contribution < -0.4 is 4.74 Å². The average Bonchev–Trinajstić information content (AvgIpc) is 2.45. The van der Waals surface area contributed by atoms with E-state index in [4.69, 9.17) is 16.3 Å². The minimum atomic E-state index is -4.24. The SMILES string of the molecule is COc1cnc(Cl)cc1/C=C/C1(C(F)(F)F)CCCCC1. The molecule has 0 aliphatic heterocycles. The normalized spacial score (nSPS) is 18.9. The van der Waals surface area contributed by atoms with Crippen LogP contribution in [0.4, 0.5) is 13.2 Å². The molecule has 1 aliphatic rings. The predicted molar refractivity (Wildman–Crippen MR) is 76.4 cm³/mol. The quantitative estimate of drug-likeness (QED) is 0.708. The third-order valence-corrected chi connectivity index (χ3v) is 4.18. The van der Waals surface area contributed by atoms with Crippen LogP contribution >= 0.6 is 11.6 Å². The Hall–Kier alpha value is -1.23. The van der Waals surface area contributed by atoms with E-state index in [1.165, 1.54) is 31.5 Å². The van der Waals surface area contributed by atoms with Gasteiger partial charge in [-0.05, 0) is 18.9 Å². The van der Waals surface area contributed by atoms with Crippen LogP contribution in [0.15, 0.2) is 18.3 Å². The second-order valence-electron chi connectivity index (χ2n) is 5.30. The minimum Gasteiger partial charge on any atom is -0.495 e. The maximum absolute atomic E-state index is 13.4. The first kappa shape index (κ1) is 16.1. The summed E-state index contributed by atoms with van der Waals surface area (Å²) < 4.78 is 45.4. The van der Waals surface area contributed by atoms with Crippen LogP contribution in [0.2, 0.25) is 5.15 Å². The molecule has 6 heteroatoms. The van der Waals surface area contributed by atoms with Crippen molar-refractivity contribution in [3.05, 3.63) is 29.1 Å². The van der Waals surface area contributed by atoms with E-state index < -0.39 is 11.6 Å². The Morgan fingerprint density at radius 3 is 2.52 bits per heavy atom. The third kappa shape index (κ3) is 3.51. The van der Waals surface area contributed by atoms with Gasteiger partial charge in [0.15, 0.2) is 0 Å². The monoisotopic (exact) mass is 319 g/mol. The summed E-state index contributed by atoms with van der Waals surface area (Å²) in [6.07, 6.45) is 2.19. The first-order valence-electron chi connectivity index (χ1n) is 6.83. The van der Waals surface area contributed by atoms with Crippen molar-refractivity contribution in [2.45, 2.75) is 38.3 Å². The van der Waals surface area contributed by atoms with Gasteiger partial charge >= 0.3 is 6.18 Å². The highest BCUT2D eigenvalue weighted by atomic mass is 35.5. The van der Waals surface area contributed by atoms with Gasteiger partial charge in [-0.15, -0.1) is 0 Å². The van der Waals surface area contributed by atoms with E-state index in [-0.39, 0.29) is 18.0 Å². The van der Waals surface area contributed by atoms with Crippen LogP contribution in [-0.2, 0) is 0 Å². The molecule has 2 nitrogen and oxygen atoms in total. The van der Waals surface area contributed by atoms with E-state index in [9.17, 15) is 13.2 Å². The summed E-state index contributed by atoms with van der Waals surface area (Å²) >= 11 is 5.80. The minimum absolute atomic E-state index is 0.133. The first-order valence-corrected chi connectivity index (χ1v) is 7.21. The summed E-state index contributed by atoms with van der Waals surface area (Å²) in [7, 11) is 1.45. The van der Waals surface area contributed by atoms with Gasteiger partial charge in [-0.25, -0.2) is 4.98 Å². The van der Waals surface area contributed by atoms with Crippen molar-refractivity contribution in [1.82, 2.24) is 4.98 Å². The van der Waals surface area contributed by atoms with Crippen LogP contribution in [0.5, 0.6) is 5.75 Å². The van der Waals surface area contributed by atoms with E-state index in [0.29, 0.717) is 24.2 Å². The van der Waals surface area contributed by atoms with Gasteiger partial charge in [0.05, 0.1) is 18.7 Å². The molecular formula is C15H17ClF3NO. The molecule has 2 rings (SSSR count). The molecule has 0 saturated heterocycles. The van der Waals surface area contributed by atoms with Crippen molar-refractivity contribution in [2.75, 3.05) is 7.11 Å². The van der Waals surface area contributed by atoms with Crippen LogP contribution in [0.3, 0.4) is 0 Å². The van der Waals surface area contributed by atoms with Crippen LogP contribution in [-0.4, -0.2) is 18.3 Å². The van der Waals surface area contributed by atoms with Crippen molar-refractivity contribution in [2.24, 2.45) is 5.41 Å². The van der Waals surface area contributed by atoms with Crippen molar-refractivity contribution in [3.8, 4) is 5.75 Å². The first-order chi connectivity index (χ1) is 9.88. The number of nitrogens with zero attached hydrogens (tertiary/aromatic N) is 1. The standard InChI is InChI=1S/C15H17ClF3NO/c1-21-12-10-20-13(16)9-11(12)5-8-14(15(17,18)19)6-3-2-4-7-14/h5,8-10H,2-4,6-7H2,1H3/b8-5+. The summed E-state index contributed by atoms with van der Waals surface area (Å²) in [6, 6.07) is 1.50. The van der Waals surface area contributed by atoms with E-state index in [0.717, 1.165) is 6.42 Å². The second kappa shape index (κ2) is 6.26. The highest BCUT2D eigenvalue weighted by Gasteiger charge is 2.52. The third-order valence-electron chi connectivity index (χ3n) is 3.98. The highest BCUT2D eigenvalue weighted by molar-refractivity contribution is 6.29. The topological polar surface area (TPSA) is 22.1 Å². The summed E-state index contributed by atoms with van der Waals surface area (Å²) in [6.45, 7) is 0. The molecule has 1 heterocycles. The molecule has 0 spiro atoms. The van der Waals surface area contributed by atoms with Crippen LogP contribution in [0.25, 0.3) is 6.08 Å². The zero-order valence-corrected chi connectivity index (χ0v) is 12.5. The van der Waals surface area contributed by atoms with Gasteiger partial charge < -0.3 is 4.74 Å². The van der Waals surface area contributed by atoms with Gasteiger partial charge in [-0.2, -0.15) is 13.2 Å². The number of allylic oxidation sites excluding steroid dienone is 1. The maximum Gasteiger partial charge on any atom is 0.397 e. The molecule has 0 unspecified atom stereocenters. The largest absolute Gasteiger partial charge is 0.495 e. The molecular weight excluding hydrogens is 303 g/mol. The number of alkyl halides is 3. The molecule has 1 fully saturated rings. The van der Waals surface area contributed by atoms with E-state index in [2.05, 4.69) is 4.98 Å². The molecule has 116 valence electrons. The summed E-state index contributed by atoms with van der Waals surface area (Å²) in [5.41, 5.74) is -1.24. The van der Waals surface area contributed by atoms with Gasteiger partial charge in [0.2, 0.25) is 0 Å². The number of rotatable bonds is 3. The number of pyridine rings is 1. The molecule has 1 aromatic heterocycles. The van der Waals surface area contributed by atoms with Crippen molar-refractivity contribution < 1.29 is 17.9 Å². The summed E-state index contributed by atoms with van der Waals surface area (Å²) in [5.74, 6) is 0.406. The predicted octanol–water partition coefficient (Wildman–Crippen LogP) is 5.27. The average molecular weight is 320 g/mol. The lowest BCUT2D eigenvalue weighted by atomic mass is 9.73. The molecule has 0 aromatic carbocycles. The highest BCUT2D eigenvalue weighted by Crippen LogP contribution is 2.50. The van der Waals surface area contributed by atoms with Crippen LogP contribution in [0.1, 0.15) is 37.7 Å². The zero-order chi connectivity index (χ0) is 15.5. The molecule has 1 aliphatic carbocycles. The smallest absolute Gasteiger partial charge is 0.397 e. The Kier molecular flexibility index (Phi) is 4.81. The number of aromatic nitrogens is 1. The van der Waals surface area contributed by atoms with Gasteiger partial charge in [0.1, 0.15) is 10.9 Å². The second-order valence-corrected chi connectivity index (χ2v) is 5.68. The summed E-state index contributed by atoms with van der Waals surface area (Å²) in [4.78, 5) is 3.86. The van der Waals surface area contributed by atoms with Gasteiger partial charge in [-0.3, -0.25) is 0 Å². The summed E-state index contributed by atoms with van der Waals surface area (Å²) in [5, 5.41) is 0.222. The fraction of sp³-hybridized carbons (Fsp3) is 0.533. The zero-order valence-electron chi connectivity index (χ0n) is 11.7. The van der Waals surface area contributed by atoms with Gasteiger partial charge in [-0.1, -0.05) is 43.0 Å². The molecule has 21 heavy (non-hydrogen) atoms. The number of ether oxygens (including phenoxy) is 1. The molecule has 0 amide bonds.